The van der Waals surface area contributed by atoms with Crippen LogP contribution in [0.1, 0.15) is 16.7 Å². The number of hydrogen-bond acceptors (Lipinski definition) is 3. The standard InChI is InChI=1S/C16H18N2OS/c1-10-4-6-13(16(17)20)14(8-10)18-12-5-7-15(19-3)11(2)9-12/h4-9,18H,1-3H3,(H2,17,20). The average molecular weight is 286 g/mol. The van der Waals surface area contributed by atoms with Gasteiger partial charge in [0.1, 0.15) is 10.7 Å². The number of anilines is 2. The maximum absolute atomic E-state index is 5.77. The highest BCUT2D eigenvalue weighted by molar-refractivity contribution is 7.80. The molecule has 0 heterocycles. The topological polar surface area (TPSA) is 47.3 Å². The zero-order valence-corrected chi connectivity index (χ0v) is 12.7. The molecule has 0 aromatic heterocycles. The van der Waals surface area contributed by atoms with E-state index >= 15 is 0 Å². The van der Waals surface area contributed by atoms with Crippen LogP contribution in [0.2, 0.25) is 0 Å². The lowest BCUT2D eigenvalue weighted by atomic mass is 10.1. The van der Waals surface area contributed by atoms with Gasteiger partial charge in [0.05, 0.1) is 7.11 Å². The highest BCUT2D eigenvalue weighted by Crippen LogP contribution is 2.26. The Labute approximate surface area is 124 Å². The van der Waals surface area contributed by atoms with E-state index in [0.29, 0.717) is 4.99 Å². The van der Waals surface area contributed by atoms with Gasteiger partial charge in [0.15, 0.2) is 0 Å². The predicted octanol–water partition coefficient (Wildman–Crippen LogP) is 3.69. The Morgan fingerprint density at radius 3 is 2.50 bits per heavy atom. The third-order valence-electron chi connectivity index (χ3n) is 3.11. The summed E-state index contributed by atoms with van der Waals surface area (Å²) >= 11 is 5.09. The van der Waals surface area contributed by atoms with Crippen molar-refractivity contribution in [2.45, 2.75) is 13.8 Å². The molecule has 2 rings (SSSR count). The molecular formula is C16H18N2OS. The second-order valence-corrected chi connectivity index (χ2v) is 5.16. The fourth-order valence-electron chi connectivity index (χ4n) is 2.09. The molecule has 0 bridgehead atoms. The monoisotopic (exact) mass is 286 g/mol. The molecule has 0 atom stereocenters. The lowest BCUT2D eigenvalue weighted by molar-refractivity contribution is 0.412. The molecule has 3 N–H and O–H groups in total. The largest absolute Gasteiger partial charge is 0.496 e. The van der Waals surface area contributed by atoms with Crippen molar-refractivity contribution < 1.29 is 4.74 Å². The van der Waals surface area contributed by atoms with Crippen LogP contribution in [0.3, 0.4) is 0 Å². The van der Waals surface area contributed by atoms with E-state index in [-0.39, 0.29) is 0 Å². The molecule has 2 aromatic rings. The zero-order valence-electron chi connectivity index (χ0n) is 11.9. The maximum Gasteiger partial charge on any atom is 0.121 e. The molecule has 4 heteroatoms. The van der Waals surface area contributed by atoms with Crippen molar-refractivity contribution >= 4 is 28.6 Å². The van der Waals surface area contributed by atoms with E-state index in [1.54, 1.807) is 7.11 Å². The highest BCUT2D eigenvalue weighted by Gasteiger charge is 2.07. The summed E-state index contributed by atoms with van der Waals surface area (Å²) in [6.45, 7) is 4.04. The average Bonchev–Trinajstić information content (AvgIpc) is 2.38. The molecule has 0 saturated carbocycles. The first-order valence-electron chi connectivity index (χ1n) is 6.33. The van der Waals surface area contributed by atoms with Crippen LogP contribution in [0.15, 0.2) is 36.4 Å². The third-order valence-corrected chi connectivity index (χ3v) is 3.33. The van der Waals surface area contributed by atoms with E-state index in [1.165, 1.54) is 0 Å². The Balaban J connectivity index is 2.36. The van der Waals surface area contributed by atoms with Gasteiger partial charge in [-0.3, -0.25) is 0 Å². The van der Waals surface area contributed by atoms with Crippen LogP contribution in [0, 0.1) is 13.8 Å². The minimum atomic E-state index is 0.387. The summed E-state index contributed by atoms with van der Waals surface area (Å²) in [4.78, 5) is 0.387. The molecule has 3 nitrogen and oxygen atoms in total. The third kappa shape index (κ3) is 3.08. The molecule has 0 aliphatic heterocycles. The normalized spacial score (nSPS) is 10.2. The molecule has 0 radical (unpaired) electrons. The van der Waals surface area contributed by atoms with Gasteiger partial charge < -0.3 is 15.8 Å². The number of aryl methyl sites for hydroxylation is 2. The van der Waals surface area contributed by atoms with Crippen LogP contribution in [0.5, 0.6) is 5.75 Å². The van der Waals surface area contributed by atoms with Crippen LogP contribution in [-0.2, 0) is 0 Å². The van der Waals surface area contributed by atoms with E-state index < -0.39 is 0 Å². The second-order valence-electron chi connectivity index (χ2n) is 4.72. The summed E-state index contributed by atoms with van der Waals surface area (Å²) in [5, 5.41) is 3.36. The summed E-state index contributed by atoms with van der Waals surface area (Å²) in [7, 11) is 1.67. The molecular weight excluding hydrogens is 268 g/mol. The maximum atomic E-state index is 5.77. The van der Waals surface area contributed by atoms with Crippen molar-refractivity contribution in [3.63, 3.8) is 0 Å². The number of nitrogens with two attached hydrogens (primary N) is 1. The molecule has 0 saturated heterocycles. The van der Waals surface area contributed by atoms with Gasteiger partial charge >= 0.3 is 0 Å². The molecule has 0 spiro atoms. The van der Waals surface area contributed by atoms with Crippen LogP contribution in [0.25, 0.3) is 0 Å². The van der Waals surface area contributed by atoms with Crippen LogP contribution in [-0.4, -0.2) is 12.1 Å². The molecule has 20 heavy (non-hydrogen) atoms. The summed E-state index contributed by atoms with van der Waals surface area (Å²) in [6, 6.07) is 11.9. The Morgan fingerprint density at radius 2 is 1.90 bits per heavy atom. The zero-order chi connectivity index (χ0) is 14.7. The van der Waals surface area contributed by atoms with Crippen molar-refractivity contribution in [1.29, 1.82) is 0 Å². The van der Waals surface area contributed by atoms with Crippen molar-refractivity contribution in [3.8, 4) is 5.75 Å². The molecule has 2 aromatic carbocycles. The minimum absolute atomic E-state index is 0.387. The summed E-state index contributed by atoms with van der Waals surface area (Å²) < 4.78 is 5.26. The second kappa shape index (κ2) is 5.92. The number of methoxy groups -OCH3 is 1. The summed E-state index contributed by atoms with van der Waals surface area (Å²) in [5.41, 5.74) is 10.7. The smallest absolute Gasteiger partial charge is 0.121 e. The minimum Gasteiger partial charge on any atom is -0.496 e. The van der Waals surface area contributed by atoms with Crippen molar-refractivity contribution in [2.75, 3.05) is 12.4 Å². The Kier molecular flexibility index (Phi) is 4.25. The van der Waals surface area contributed by atoms with Crippen molar-refractivity contribution in [2.24, 2.45) is 5.73 Å². The van der Waals surface area contributed by atoms with Crippen LogP contribution in [0.4, 0.5) is 11.4 Å². The van der Waals surface area contributed by atoms with Gasteiger partial charge in [-0.2, -0.15) is 0 Å². The van der Waals surface area contributed by atoms with E-state index in [2.05, 4.69) is 5.32 Å². The van der Waals surface area contributed by atoms with E-state index in [9.17, 15) is 0 Å². The van der Waals surface area contributed by atoms with Gasteiger partial charge in [-0.25, -0.2) is 0 Å². The van der Waals surface area contributed by atoms with Gasteiger partial charge in [0.2, 0.25) is 0 Å². The van der Waals surface area contributed by atoms with Gasteiger partial charge in [0, 0.05) is 16.9 Å². The first kappa shape index (κ1) is 14.3. The fraction of sp³-hybridized carbons (Fsp3) is 0.188. The predicted molar refractivity (Wildman–Crippen MR) is 88.1 cm³/mol. The van der Waals surface area contributed by atoms with Crippen molar-refractivity contribution in [1.82, 2.24) is 0 Å². The van der Waals surface area contributed by atoms with Gasteiger partial charge in [-0.1, -0.05) is 18.3 Å². The summed E-state index contributed by atoms with van der Waals surface area (Å²) in [6.07, 6.45) is 0. The number of ether oxygens (including phenoxy) is 1. The number of thiocarbonyl (C=S) groups is 1. The van der Waals surface area contributed by atoms with Crippen LogP contribution >= 0.6 is 12.2 Å². The Bertz CT molecular complexity index is 653. The number of benzene rings is 2. The number of nitrogens with one attached hydrogen (secondary N) is 1. The quantitative estimate of drug-likeness (QED) is 0.842. The van der Waals surface area contributed by atoms with Gasteiger partial charge in [-0.05, 0) is 55.3 Å². The van der Waals surface area contributed by atoms with Crippen molar-refractivity contribution in [3.05, 3.63) is 53.1 Å². The fourth-order valence-corrected chi connectivity index (χ4v) is 2.27. The summed E-state index contributed by atoms with van der Waals surface area (Å²) in [5.74, 6) is 0.870. The van der Waals surface area contributed by atoms with E-state index in [0.717, 1.165) is 33.8 Å². The highest BCUT2D eigenvalue weighted by atomic mass is 32.1. The SMILES string of the molecule is COc1ccc(Nc2cc(C)ccc2C(N)=S)cc1C. The molecule has 0 aliphatic rings. The number of rotatable bonds is 4. The lowest BCUT2D eigenvalue weighted by Crippen LogP contribution is -2.12. The van der Waals surface area contributed by atoms with Crippen LogP contribution < -0.4 is 15.8 Å². The van der Waals surface area contributed by atoms with Gasteiger partial charge in [-0.15, -0.1) is 0 Å². The van der Waals surface area contributed by atoms with Gasteiger partial charge in [0.25, 0.3) is 0 Å². The first-order chi connectivity index (χ1) is 9.51. The van der Waals surface area contributed by atoms with E-state index in [1.807, 2.05) is 50.2 Å². The Hall–Kier alpha value is -2.07. The lowest BCUT2D eigenvalue weighted by Gasteiger charge is -2.14. The number of hydrogen-bond donors (Lipinski definition) is 2. The molecule has 0 aliphatic carbocycles. The molecule has 0 fully saturated rings. The molecule has 0 amide bonds. The molecule has 104 valence electrons. The molecule has 0 unspecified atom stereocenters. The van der Waals surface area contributed by atoms with E-state index in [4.69, 9.17) is 22.7 Å². The Morgan fingerprint density at radius 1 is 1.15 bits per heavy atom. The first-order valence-corrected chi connectivity index (χ1v) is 6.74.